The predicted molar refractivity (Wildman–Crippen MR) is 130 cm³/mol. The molecule has 0 nitrogen and oxygen atoms in total. The second-order valence-corrected chi connectivity index (χ2v) is 21.5. The van der Waals surface area contributed by atoms with Gasteiger partial charge >= 0.3 is 0 Å². The van der Waals surface area contributed by atoms with Crippen molar-refractivity contribution in [1.29, 1.82) is 0 Å². The van der Waals surface area contributed by atoms with Gasteiger partial charge < -0.3 is 0 Å². The second kappa shape index (κ2) is 8.10. The van der Waals surface area contributed by atoms with Gasteiger partial charge in [-0.3, -0.25) is 0 Å². The largest absolute Gasteiger partial charge is 0.0915 e. The van der Waals surface area contributed by atoms with Crippen LogP contribution in [0.25, 0.3) is 0 Å². The maximum Gasteiger partial charge on any atom is 0.0548 e. The quantitative estimate of drug-likeness (QED) is 0.308. The van der Waals surface area contributed by atoms with Gasteiger partial charge in [-0.05, 0) is 59.7 Å². The first-order valence-electron chi connectivity index (χ1n) is 11.7. The summed E-state index contributed by atoms with van der Waals surface area (Å²) in [7, 11) is -2.42. The Morgan fingerprint density at radius 2 is 1.00 bits per heavy atom. The van der Waals surface area contributed by atoms with Crippen LogP contribution in [-0.4, -0.2) is 16.1 Å². The molecule has 0 aliphatic heterocycles. The topological polar surface area (TPSA) is 0 Å². The lowest BCUT2D eigenvalue weighted by Crippen LogP contribution is -2.35. The molecule has 0 N–H and O–H groups in total. The van der Waals surface area contributed by atoms with E-state index in [1.807, 2.05) is 0 Å². The summed E-state index contributed by atoms with van der Waals surface area (Å²) in [6.45, 7) is 10.6. The molecule has 0 aromatic heterocycles. The first-order chi connectivity index (χ1) is 13.4. The zero-order chi connectivity index (χ0) is 19.8. The molecule has 4 aliphatic carbocycles. The van der Waals surface area contributed by atoms with Crippen molar-refractivity contribution in [1.82, 2.24) is 0 Å². The number of allylic oxidation sites excluding steroid dienone is 10. The van der Waals surface area contributed by atoms with E-state index >= 15 is 0 Å². The fourth-order valence-electron chi connectivity index (χ4n) is 6.81. The van der Waals surface area contributed by atoms with E-state index in [0.717, 1.165) is 34.8 Å². The molecule has 0 radical (unpaired) electrons. The summed E-state index contributed by atoms with van der Waals surface area (Å²) < 4.78 is 0. The average molecular weight is 409 g/mol. The minimum absolute atomic E-state index is 0.838. The highest BCUT2D eigenvalue weighted by molar-refractivity contribution is 6.80. The highest BCUT2D eigenvalue weighted by Gasteiger charge is 2.44. The van der Waals surface area contributed by atoms with Gasteiger partial charge in [-0.1, -0.05) is 99.8 Å². The molecular weight excluding hydrogens is 368 g/mol. The van der Waals surface area contributed by atoms with Crippen LogP contribution < -0.4 is 0 Å². The summed E-state index contributed by atoms with van der Waals surface area (Å²) in [5.74, 6) is 3.36. The monoisotopic (exact) mass is 408 g/mol. The molecular formula is C26H40Si2. The van der Waals surface area contributed by atoms with E-state index in [9.17, 15) is 0 Å². The van der Waals surface area contributed by atoms with E-state index in [0.29, 0.717) is 0 Å². The summed E-state index contributed by atoms with van der Waals surface area (Å²) in [4.78, 5) is 0. The van der Waals surface area contributed by atoms with E-state index in [4.69, 9.17) is 0 Å². The Kier molecular flexibility index (Phi) is 5.91. The van der Waals surface area contributed by atoms with Gasteiger partial charge in [0.2, 0.25) is 0 Å². The molecule has 6 unspecified atom stereocenters. The Morgan fingerprint density at radius 1 is 0.607 bits per heavy atom. The maximum atomic E-state index is 2.65. The lowest BCUT2D eigenvalue weighted by molar-refractivity contribution is 0.544. The Morgan fingerprint density at radius 3 is 1.43 bits per heavy atom. The SMILES string of the molecule is C[Si](C)(C/C=C/C[Si](C)(C)C1CCC2C=CC=CC21)C1CCC2C=CC=CC21. The minimum atomic E-state index is -1.21. The van der Waals surface area contributed by atoms with Crippen LogP contribution in [0.1, 0.15) is 25.7 Å². The van der Waals surface area contributed by atoms with Crippen molar-refractivity contribution in [3.63, 3.8) is 0 Å². The van der Waals surface area contributed by atoms with Crippen molar-refractivity contribution >= 4 is 16.1 Å². The molecule has 2 saturated carbocycles. The van der Waals surface area contributed by atoms with E-state index in [1.54, 1.807) is 0 Å². The Hall–Kier alpha value is -0.866. The van der Waals surface area contributed by atoms with E-state index in [2.05, 4.69) is 86.9 Å². The van der Waals surface area contributed by atoms with E-state index < -0.39 is 16.1 Å². The predicted octanol–water partition coefficient (Wildman–Crippen LogP) is 8.00. The van der Waals surface area contributed by atoms with Crippen LogP contribution in [0.5, 0.6) is 0 Å². The molecule has 0 saturated heterocycles. The van der Waals surface area contributed by atoms with Crippen LogP contribution >= 0.6 is 0 Å². The molecule has 2 heteroatoms. The van der Waals surface area contributed by atoms with Gasteiger partial charge in [0.05, 0.1) is 16.1 Å². The fraction of sp³-hybridized carbons (Fsp3) is 0.615. The van der Waals surface area contributed by atoms with Gasteiger partial charge in [-0.25, -0.2) is 0 Å². The van der Waals surface area contributed by atoms with Crippen molar-refractivity contribution in [3.8, 4) is 0 Å². The fourth-order valence-corrected chi connectivity index (χ4v) is 13.7. The Labute approximate surface area is 175 Å². The molecule has 0 spiro atoms. The van der Waals surface area contributed by atoms with Crippen LogP contribution in [-0.2, 0) is 0 Å². The number of fused-ring (bicyclic) bond motifs is 2. The zero-order valence-electron chi connectivity index (χ0n) is 18.5. The highest BCUT2D eigenvalue weighted by Crippen LogP contribution is 2.51. The van der Waals surface area contributed by atoms with Crippen molar-refractivity contribution in [2.24, 2.45) is 23.7 Å². The molecule has 28 heavy (non-hydrogen) atoms. The van der Waals surface area contributed by atoms with Crippen LogP contribution in [0, 0.1) is 23.7 Å². The van der Waals surface area contributed by atoms with Gasteiger partial charge in [0, 0.05) is 0 Å². The number of hydrogen-bond acceptors (Lipinski definition) is 0. The molecule has 152 valence electrons. The number of rotatable bonds is 6. The van der Waals surface area contributed by atoms with Gasteiger partial charge in [-0.2, -0.15) is 0 Å². The molecule has 0 aromatic carbocycles. The summed E-state index contributed by atoms with van der Waals surface area (Å²) in [5.41, 5.74) is 1.95. The molecule has 4 aliphatic rings. The second-order valence-electron chi connectivity index (χ2n) is 11.2. The Balaban J connectivity index is 1.33. The lowest BCUT2D eigenvalue weighted by atomic mass is 9.92. The smallest absolute Gasteiger partial charge is 0.0548 e. The molecule has 0 bridgehead atoms. The van der Waals surface area contributed by atoms with Crippen molar-refractivity contribution in [2.75, 3.05) is 0 Å². The first-order valence-corrected chi connectivity index (χ1v) is 18.3. The normalized spacial score (nSPS) is 37.0. The van der Waals surface area contributed by atoms with E-state index in [-0.39, 0.29) is 0 Å². The molecule has 0 heterocycles. The van der Waals surface area contributed by atoms with Gasteiger partial charge in [-0.15, -0.1) is 0 Å². The third kappa shape index (κ3) is 4.05. The highest BCUT2D eigenvalue weighted by atomic mass is 28.3. The average Bonchev–Trinajstić information content (AvgIpc) is 3.30. The summed E-state index contributed by atoms with van der Waals surface area (Å²) >= 11 is 0. The molecule has 0 amide bonds. The van der Waals surface area contributed by atoms with E-state index in [1.165, 1.54) is 37.8 Å². The maximum absolute atomic E-state index is 2.65. The standard InChI is InChI=1S/C26H40Si2/c1-27(2,25-17-15-21-11-5-7-13-23(21)25)19-9-10-20-28(3,4)26-18-16-22-12-6-8-14-24(22)26/h5-14,21-26H,15-20H2,1-4H3/b10-9+. The van der Waals surface area contributed by atoms with Gasteiger partial charge in [0.25, 0.3) is 0 Å². The van der Waals surface area contributed by atoms with Crippen LogP contribution in [0.3, 0.4) is 0 Å². The molecule has 6 atom stereocenters. The Bertz CT molecular complexity index is 646. The summed E-state index contributed by atoms with van der Waals surface area (Å²) in [6, 6.07) is 2.75. The van der Waals surface area contributed by atoms with Gasteiger partial charge in [0.1, 0.15) is 0 Å². The van der Waals surface area contributed by atoms with Crippen molar-refractivity contribution in [2.45, 2.75) is 75.0 Å². The zero-order valence-corrected chi connectivity index (χ0v) is 20.5. The van der Waals surface area contributed by atoms with Crippen molar-refractivity contribution < 1.29 is 0 Å². The van der Waals surface area contributed by atoms with Crippen LogP contribution in [0.4, 0.5) is 0 Å². The number of hydrogen-bond donors (Lipinski definition) is 0. The van der Waals surface area contributed by atoms with Crippen LogP contribution in [0.15, 0.2) is 60.8 Å². The third-order valence-corrected chi connectivity index (χ3v) is 16.5. The van der Waals surface area contributed by atoms with Gasteiger partial charge in [0.15, 0.2) is 0 Å². The van der Waals surface area contributed by atoms with Crippen molar-refractivity contribution in [3.05, 3.63) is 60.8 Å². The molecule has 0 aromatic rings. The minimum Gasteiger partial charge on any atom is -0.0915 e. The third-order valence-electron chi connectivity index (χ3n) is 8.61. The molecule has 4 rings (SSSR count). The summed E-state index contributed by atoms with van der Waals surface area (Å²) in [6.07, 6.45) is 30.1. The summed E-state index contributed by atoms with van der Waals surface area (Å²) in [5, 5.41) is 0. The lowest BCUT2D eigenvalue weighted by Gasteiger charge is -2.35. The first kappa shape index (κ1) is 20.4. The molecule has 2 fully saturated rings. The van der Waals surface area contributed by atoms with Crippen LogP contribution in [0.2, 0.25) is 49.4 Å².